The molecule has 2 rings (SSSR count). The predicted octanol–water partition coefficient (Wildman–Crippen LogP) is 3.18. The molecule has 1 aliphatic carbocycles. The highest BCUT2D eigenvalue weighted by molar-refractivity contribution is 14.0. The van der Waals surface area contributed by atoms with Crippen LogP contribution < -0.4 is 10.6 Å². The fourth-order valence-electron chi connectivity index (χ4n) is 3.84. The number of hydrogen-bond donors (Lipinski definition) is 2. The first-order valence-electron chi connectivity index (χ1n) is 8.79. The fourth-order valence-corrected chi connectivity index (χ4v) is 5.04. The molecular weight excluding hydrogens is 419 g/mol. The molecule has 0 aromatic carbocycles. The molecule has 6 heteroatoms. The van der Waals surface area contributed by atoms with Gasteiger partial charge in [0.2, 0.25) is 0 Å². The normalized spacial score (nSPS) is 31.8. The maximum atomic E-state index is 4.41. The van der Waals surface area contributed by atoms with Crippen molar-refractivity contribution < 1.29 is 0 Å². The second-order valence-corrected chi connectivity index (χ2v) is 8.67. The smallest absolute Gasteiger partial charge is 0.191 e. The Balaban J connectivity index is 0.00000264. The number of rotatable bonds is 5. The monoisotopic (exact) mass is 454 g/mol. The fraction of sp³-hybridized carbons (Fsp3) is 0.941. The minimum absolute atomic E-state index is 0. The van der Waals surface area contributed by atoms with Gasteiger partial charge in [-0.15, -0.1) is 24.0 Å². The summed E-state index contributed by atoms with van der Waals surface area (Å²) in [6, 6.07) is 0. The maximum Gasteiger partial charge on any atom is 0.191 e. The average molecular weight is 454 g/mol. The van der Waals surface area contributed by atoms with Crippen LogP contribution in [0, 0.1) is 5.92 Å². The lowest BCUT2D eigenvalue weighted by molar-refractivity contribution is 0.0796. The molecule has 0 aromatic heterocycles. The van der Waals surface area contributed by atoms with Gasteiger partial charge in [-0.1, -0.05) is 19.8 Å². The van der Waals surface area contributed by atoms with E-state index in [0.29, 0.717) is 0 Å². The van der Waals surface area contributed by atoms with Gasteiger partial charge in [0.25, 0.3) is 0 Å². The van der Waals surface area contributed by atoms with E-state index in [0.717, 1.165) is 30.2 Å². The number of aliphatic imine (C=N–C) groups is 1. The topological polar surface area (TPSA) is 39.7 Å². The first kappa shape index (κ1) is 21.4. The number of nitrogens with zero attached hydrogens (tertiary/aromatic N) is 2. The van der Waals surface area contributed by atoms with E-state index >= 15 is 0 Å². The molecule has 1 aliphatic heterocycles. The van der Waals surface area contributed by atoms with Crippen LogP contribution in [0.4, 0.5) is 0 Å². The summed E-state index contributed by atoms with van der Waals surface area (Å²) < 4.78 is 0. The van der Waals surface area contributed by atoms with Crippen molar-refractivity contribution in [1.29, 1.82) is 0 Å². The standard InChI is InChI=1S/C17H34N4S.HI/c1-14-7-5-9-17(11-14,21(3)4)13-20-16(18-2)19-12-15-8-6-10-22-15;/h14-15H,5-13H2,1-4H3,(H2,18,19,20);1H. The van der Waals surface area contributed by atoms with Crippen LogP contribution in [0.2, 0.25) is 0 Å². The van der Waals surface area contributed by atoms with Crippen LogP contribution in [0.5, 0.6) is 0 Å². The van der Waals surface area contributed by atoms with E-state index in [2.05, 4.69) is 53.3 Å². The highest BCUT2D eigenvalue weighted by Gasteiger charge is 2.36. The zero-order valence-electron chi connectivity index (χ0n) is 15.2. The van der Waals surface area contributed by atoms with Crippen LogP contribution in [-0.4, -0.2) is 61.6 Å². The van der Waals surface area contributed by atoms with Crippen molar-refractivity contribution in [3.8, 4) is 0 Å². The number of likely N-dealkylation sites (N-methyl/N-ethyl adjacent to an activating group) is 1. The largest absolute Gasteiger partial charge is 0.355 e. The van der Waals surface area contributed by atoms with Gasteiger partial charge in [-0.3, -0.25) is 4.99 Å². The van der Waals surface area contributed by atoms with E-state index in [1.54, 1.807) is 0 Å². The number of hydrogen-bond acceptors (Lipinski definition) is 3. The van der Waals surface area contributed by atoms with Crippen molar-refractivity contribution >= 4 is 41.7 Å². The summed E-state index contributed by atoms with van der Waals surface area (Å²) >= 11 is 2.09. The molecule has 0 bridgehead atoms. The lowest BCUT2D eigenvalue weighted by Crippen LogP contribution is -2.56. The zero-order chi connectivity index (χ0) is 16.0. The van der Waals surface area contributed by atoms with Crippen molar-refractivity contribution in [2.75, 3.05) is 40.0 Å². The molecule has 2 aliphatic rings. The van der Waals surface area contributed by atoms with E-state index < -0.39 is 0 Å². The molecule has 1 saturated heterocycles. The van der Waals surface area contributed by atoms with E-state index in [-0.39, 0.29) is 29.5 Å². The van der Waals surface area contributed by atoms with E-state index in [1.807, 2.05) is 7.05 Å². The van der Waals surface area contributed by atoms with Crippen LogP contribution >= 0.6 is 35.7 Å². The predicted molar refractivity (Wildman–Crippen MR) is 114 cm³/mol. The van der Waals surface area contributed by atoms with Gasteiger partial charge in [0.05, 0.1) is 0 Å². The summed E-state index contributed by atoms with van der Waals surface area (Å²) in [5.41, 5.74) is 0.275. The summed E-state index contributed by atoms with van der Waals surface area (Å²) in [6.07, 6.45) is 7.99. The van der Waals surface area contributed by atoms with Gasteiger partial charge in [-0.05, 0) is 51.4 Å². The molecule has 1 saturated carbocycles. The summed E-state index contributed by atoms with van der Waals surface area (Å²) in [4.78, 5) is 6.84. The Labute approximate surface area is 164 Å². The van der Waals surface area contributed by atoms with Gasteiger partial charge in [0, 0.05) is 30.9 Å². The molecule has 3 unspecified atom stereocenters. The highest BCUT2D eigenvalue weighted by Crippen LogP contribution is 2.35. The van der Waals surface area contributed by atoms with Crippen LogP contribution in [0.25, 0.3) is 0 Å². The quantitative estimate of drug-likeness (QED) is 0.380. The number of guanidine groups is 1. The van der Waals surface area contributed by atoms with Gasteiger partial charge >= 0.3 is 0 Å². The number of nitrogens with one attached hydrogen (secondary N) is 2. The molecule has 0 amide bonds. The van der Waals surface area contributed by atoms with Gasteiger partial charge in [-0.25, -0.2) is 0 Å². The lowest BCUT2D eigenvalue weighted by atomic mass is 9.75. The Morgan fingerprint density at radius 3 is 2.61 bits per heavy atom. The zero-order valence-corrected chi connectivity index (χ0v) is 18.4. The number of halogens is 1. The Morgan fingerprint density at radius 2 is 2.04 bits per heavy atom. The number of thioether (sulfide) groups is 1. The molecule has 4 nitrogen and oxygen atoms in total. The second-order valence-electron chi connectivity index (χ2n) is 7.26. The molecule has 0 aromatic rings. The molecule has 23 heavy (non-hydrogen) atoms. The van der Waals surface area contributed by atoms with E-state index in [9.17, 15) is 0 Å². The Bertz CT molecular complexity index is 372. The highest BCUT2D eigenvalue weighted by atomic mass is 127. The molecular formula is C17H35IN4S. The van der Waals surface area contributed by atoms with E-state index in [1.165, 1.54) is 44.3 Å². The third-order valence-electron chi connectivity index (χ3n) is 5.35. The van der Waals surface area contributed by atoms with E-state index in [4.69, 9.17) is 0 Å². The molecule has 2 fully saturated rings. The van der Waals surface area contributed by atoms with Crippen LogP contribution in [0.1, 0.15) is 45.4 Å². The molecule has 0 spiro atoms. The summed E-state index contributed by atoms with van der Waals surface area (Å²) in [7, 11) is 6.33. The summed E-state index contributed by atoms with van der Waals surface area (Å²) in [5, 5.41) is 7.87. The van der Waals surface area contributed by atoms with Gasteiger partial charge in [-0.2, -0.15) is 11.8 Å². The van der Waals surface area contributed by atoms with Crippen molar-refractivity contribution in [3.63, 3.8) is 0 Å². The van der Waals surface area contributed by atoms with Crippen molar-refractivity contribution in [3.05, 3.63) is 0 Å². The van der Waals surface area contributed by atoms with Crippen molar-refractivity contribution in [2.24, 2.45) is 10.9 Å². The van der Waals surface area contributed by atoms with Crippen LogP contribution in [0.3, 0.4) is 0 Å². The molecule has 2 N–H and O–H groups in total. The lowest BCUT2D eigenvalue weighted by Gasteiger charge is -2.45. The first-order chi connectivity index (χ1) is 10.6. The summed E-state index contributed by atoms with van der Waals surface area (Å²) in [5.74, 6) is 3.11. The average Bonchev–Trinajstić information content (AvgIpc) is 3.00. The Hall–Kier alpha value is 0.310. The SMILES string of the molecule is CN=C(NCC1CCCS1)NCC1(N(C)C)CCCC(C)C1.I. The molecule has 136 valence electrons. The van der Waals surface area contributed by atoms with Crippen LogP contribution in [0.15, 0.2) is 4.99 Å². The Kier molecular flexibility index (Phi) is 9.59. The van der Waals surface area contributed by atoms with Crippen molar-refractivity contribution in [1.82, 2.24) is 15.5 Å². The van der Waals surface area contributed by atoms with Gasteiger partial charge in [0.15, 0.2) is 5.96 Å². The first-order valence-corrected chi connectivity index (χ1v) is 9.84. The van der Waals surface area contributed by atoms with Crippen LogP contribution in [-0.2, 0) is 0 Å². The molecule has 3 atom stereocenters. The third kappa shape index (κ3) is 6.27. The van der Waals surface area contributed by atoms with Gasteiger partial charge in [0.1, 0.15) is 0 Å². The second kappa shape index (κ2) is 10.3. The Morgan fingerprint density at radius 1 is 1.26 bits per heavy atom. The molecule has 1 heterocycles. The summed E-state index contributed by atoms with van der Waals surface area (Å²) in [6.45, 7) is 4.42. The molecule has 0 radical (unpaired) electrons. The van der Waals surface area contributed by atoms with Gasteiger partial charge < -0.3 is 15.5 Å². The maximum absolute atomic E-state index is 4.41. The van der Waals surface area contributed by atoms with Crippen molar-refractivity contribution in [2.45, 2.75) is 56.2 Å². The minimum atomic E-state index is 0. The minimum Gasteiger partial charge on any atom is -0.355 e. The third-order valence-corrected chi connectivity index (χ3v) is 6.74.